The van der Waals surface area contributed by atoms with Crippen LogP contribution in [0.1, 0.15) is 27.1 Å². The van der Waals surface area contributed by atoms with E-state index in [1.54, 1.807) is 48.8 Å². The van der Waals surface area contributed by atoms with E-state index in [0.717, 1.165) is 31.7 Å². The van der Waals surface area contributed by atoms with Crippen LogP contribution >= 0.6 is 11.6 Å². The third-order valence-electron chi connectivity index (χ3n) is 5.26. The molecule has 4 rings (SSSR count). The number of hydrogen-bond donors (Lipinski definition) is 2. The Morgan fingerprint density at radius 1 is 0.938 bits per heavy atom. The van der Waals surface area contributed by atoms with Crippen molar-refractivity contribution in [3.05, 3.63) is 77.1 Å². The maximum absolute atomic E-state index is 12.6. The number of anilines is 3. The first-order valence-electron chi connectivity index (χ1n) is 10.2. The Morgan fingerprint density at radius 3 is 2.44 bits per heavy atom. The quantitative estimate of drug-likeness (QED) is 0.608. The first kappa shape index (κ1) is 21.6. The zero-order chi connectivity index (χ0) is 22.5. The number of aromatic carboxylic acids is 1. The summed E-state index contributed by atoms with van der Waals surface area (Å²) < 4.78 is 0. The van der Waals surface area contributed by atoms with E-state index in [0.29, 0.717) is 23.1 Å². The highest BCUT2D eigenvalue weighted by atomic mass is 35.5. The van der Waals surface area contributed by atoms with E-state index in [2.05, 4.69) is 25.1 Å². The lowest BCUT2D eigenvalue weighted by Gasteiger charge is -2.24. The second-order valence-electron chi connectivity index (χ2n) is 7.38. The Balaban J connectivity index is 1.51. The minimum atomic E-state index is -1.11. The maximum atomic E-state index is 12.6. The lowest BCUT2D eigenvalue weighted by Crippen LogP contribution is -2.31. The van der Waals surface area contributed by atoms with E-state index in [4.69, 9.17) is 11.6 Å². The molecular weight excluding hydrogens is 430 g/mol. The van der Waals surface area contributed by atoms with Crippen LogP contribution in [0.4, 0.5) is 17.3 Å². The van der Waals surface area contributed by atoms with Gasteiger partial charge in [-0.1, -0.05) is 17.7 Å². The van der Waals surface area contributed by atoms with Crippen molar-refractivity contribution in [1.29, 1.82) is 0 Å². The summed E-state index contributed by atoms with van der Waals surface area (Å²) in [4.78, 5) is 37.4. The van der Waals surface area contributed by atoms with Gasteiger partial charge in [0.2, 0.25) is 5.95 Å². The van der Waals surface area contributed by atoms with Crippen LogP contribution in [0.3, 0.4) is 0 Å². The molecule has 2 N–H and O–H groups in total. The standard InChI is InChI=1S/C23H22ClN5O3/c24-17-5-1-4-16(14-17)21(30)27-20-7-6-18(15-19(20)22(31)32)28-10-3-11-29(13-12-28)23-25-8-2-9-26-23/h1-2,4-9,14-15H,3,10-13H2,(H,27,30)(H,31,32). The number of nitrogens with zero attached hydrogens (tertiary/aromatic N) is 4. The molecule has 3 aromatic rings. The van der Waals surface area contributed by atoms with Gasteiger partial charge in [-0.25, -0.2) is 14.8 Å². The summed E-state index contributed by atoms with van der Waals surface area (Å²) in [5.74, 6) is -0.835. The molecule has 2 aromatic carbocycles. The van der Waals surface area contributed by atoms with Crippen molar-refractivity contribution in [3.8, 4) is 0 Å². The number of hydrogen-bond acceptors (Lipinski definition) is 6. The van der Waals surface area contributed by atoms with E-state index in [1.165, 1.54) is 6.07 Å². The number of aromatic nitrogens is 2. The number of carboxylic acid groups (broad SMARTS) is 1. The number of benzene rings is 2. The summed E-state index contributed by atoms with van der Waals surface area (Å²) in [6.07, 6.45) is 4.33. The molecule has 0 unspecified atom stereocenters. The fourth-order valence-electron chi connectivity index (χ4n) is 3.67. The van der Waals surface area contributed by atoms with Crippen LogP contribution in [-0.2, 0) is 0 Å². The Kier molecular flexibility index (Phi) is 6.51. The molecule has 32 heavy (non-hydrogen) atoms. The van der Waals surface area contributed by atoms with Crippen molar-refractivity contribution in [2.75, 3.05) is 41.3 Å². The second-order valence-corrected chi connectivity index (χ2v) is 7.81. The Hall–Kier alpha value is -3.65. The maximum Gasteiger partial charge on any atom is 0.337 e. The van der Waals surface area contributed by atoms with Crippen LogP contribution in [0.5, 0.6) is 0 Å². The molecule has 1 aliphatic rings. The van der Waals surface area contributed by atoms with Crippen molar-refractivity contribution in [3.63, 3.8) is 0 Å². The molecule has 0 atom stereocenters. The highest BCUT2D eigenvalue weighted by Gasteiger charge is 2.20. The van der Waals surface area contributed by atoms with E-state index in [9.17, 15) is 14.7 Å². The van der Waals surface area contributed by atoms with Crippen molar-refractivity contribution in [2.45, 2.75) is 6.42 Å². The molecule has 1 aromatic heterocycles. The van der Waals surface area contributed by atoms with E-state index < -0.39 is 11.9 Å². The van der Waals surface area contributed by atoms with Gasteiger partial charge in [-0.2, -0.15) is 0 Å². The molecule has 1 fully saturated rings. The van der Waals surface area contributed by atoms with Gasteiger partial charge in [0.1, 0.15) is 0 Å². The zero-order valence-corrected chi connectivity index (χ0v) is 18.0. The molecule has 164 valence electrons. The highest BCUT2D eigenvalue weighted by molar-refractivity contribution is 6.31. The van der Waals surface area contributed by atoms with Gasteiger partial charge >= 0.3 is 5.97 Å². The largest absolute Gasteiger partial charge is 0.478 e. The molecule has 1 amide bonds. The minimum absolute atomic E-state index is 0.0328. The molecule has 0 bridgehead atoms. The van der Waals surface area contributed by atoms with E-state index in [-0.39, 0.29) is 11.3 Å². The monoisotopic (exact) mass is 451 g/mol. The zero-order valence-electron chi connectivity index (χ0n) is 17.2. The first-order valence-corrected chi connectivity index (χ1v) is 10.6. The first-order chi connectivity index (χ1) is 15.5. The third kappa shape index (κ3) is 4.97. The van der Waals surface area contributed by atoms with Crippen LogP contribution in [0.15, 0.2) is 60.9 Å². The number of halogens is 1. The summed E-state index contributed by atoms with van der Waals surface area (Å²) in [6, 6.07) is 13.3. The van der Waals surface area contributed by atoms with Gasteiger partial charge in [-0.05, 0) is 48.9 Å². The predicted molar refractivity (Wildman–Crippen MR) is 124 cm³/mol. The topological polar surface area (TPSA) is 98.7 Å². The van der Waals surface area contributed by atoms with Crippen molar-refractivity contribution in [1.82, 2.24) is 9.97 Å². The normalized spacial score (nSPS) is 14.0. The van der Waals surface area contributed by atoms with Crippen LogP contribution < -0.4 is 15.1 Å². The molecular formula is C23H22ClN5O3. The SMILES string of the molecule is O=C(Nc1ccc(N2CCCN(c3ncccn3)CC2)cc1C(=O)O)c1cccc(Cl)c1. The number of amides is 1. The molecule has 9 heteroatoms. The summed E-state index contributed by atoms with van der Waals surface area (Å²) in [7, 11) is 0. The Bertz CT molecular complexity index is 1130. The summed E-state index contributed by atoms with van der Waals surface area (Å²) in [5, 5.41) is 12.9. The van der Waals surface area contributed by atoms with Gasteiger partial charge in [0.15, 0.2) is 0 Å². The van der Waals surface area contributed by atoms with Crippen molar-refractivity contribution in [2.24, 2.45) is 0 Å². The molecule has 2 heterocycles. The lowest BCUT2D eigenvalue weighted by atomic mass is 10.1. The molecule has 0 radical (unpaired) electrons. The van der Waals surface area contributed by atoms with E-state index >= 15 is 0 Å². The fourth-order valence-corrected chi connectivity index (χ4v) is 3.86. The Morgan fingerprint density at radius 2 is 1.69 bits per heavy atom. The predicted octanol–water partition coefficient (Wildman–Crippen LogP) is 3.80. The van der Waals surface area contributed by atoms with Crippen LogP contribution in [-0.4, -0.2) is 53.1 Å². The number of carboxylic acids is 1. The van der Waals surface area contributed by atoms with Gasteiger partial charge in [0, 0.05) is 54.8 Å². The van der Waals surface area contributed by atoms with Crippen LogP contribution in [0, 0.1) is 0 Å². The van der Waals surface area contributed by atoms with Gasteiger partial charge in [-0.3, -0.25) is 4.79 Å². The number of carbonyl (C=O) groups excluding carboxylic acids is 1. The van der Waals surface area contributed by atoms with Crippen LogP contribution in [0.25, 0.3) is 0 Å². The highest BCUT2D eigenvalue weighted by Crippen LogP contribution is 2.26. The second kappa shape index (κ2) is 9.65. The number of nitrogens with one attached hydrogen (secondary N) is 1. The fraction of sp³-hybridized carbons (Fsp3) is 0.217. The molecule has 1 aliphatic heterocycles. The van der Waals surface area contributed by atoms with Crippen molar-refractivity contribution >= 4 is 40.8 Å². The van der Waals surface area contributed by atoms with Crippen LogP contribution in [0.2, 0.25) is 5.02 Å². The molecule has 0 saturated carbocycles. The van der Waals surface area contributed by atoms with Gasteiger partial charge in [-0.15, -0.1) is 0 Å². The number of carbonyl (C=O) groups is 2. The summed E-state index contributed by atoms with van der Waals surface area (Å²) >= 11 is 5.95. The van der Waals surface area contributed by atoms with Gasteiger partial charge in [0.05, 0.1) is 11.3 Å². The average molecular weight is 452 g/mol. The van der Waals surface area contributed by atoms with Gasteiger partial charge in [0.25, 0.3) is 5.91 Å². The smallest absolute Gasteiger partial charge is 0.337 e. The Labute approximate surface area is 190 Å². The van der Waals surface area contributed by atoms with E-state index in [1.807, 2.05) is 6.07 Å². The molecule has 1 saturated heterocycles. The molecule has 0 spiro atoms. The minimum Gasteiger partial charge on any atom is -0.478 e. The third-order valence-corrected chi connectivity index (χ3v) is 5.50. The lowest BCUT2D eigenvalue weighted by molar-refractivity contribution is 0.0698. The average Bonchev–Trinajstić information content (AvgIpc) is 3.06. The summed E-state index contributed by atoms with van der Waals surface area (Å²) in [5.41, 5.74) is 1.42. The van der Waals surface area contributed by atoms with Crippen molar-refractivity contribution < 1.29 is 14.7 Å². The number of rotatable bonds is 5. The van der Waals surface area contributed by atoms with Gasteiger partial charge < -0.3 is 20.2 Å². The summed E-state index contributed by atoms with van der Waals surface area (Å²) in [6.45, 7) is 3.02. The molecule has 8 nitrogen and oxygen atoms in total. The molecule has 0 aliphatic carbocycles.